The number of hydrogen-bond donors (Lipinski definition) is 1. The molecule has 0 spiro atoms. The molecule has 120 valence electrons. The summed E-state index contributed by atoms with van der Waals surface area (Å²) in [5, 5.41) is 9.07. The Balaban J connectivity index is 2.82. The minimum Gasteiger partial charge on any atom is -0.477 e. The number of aromatic carboxylic acids is 1. The summed E-state index contributed by atoms with van der Waals surface area (Å²) in [7, 11) is 0. The smallest absolute Gasteiger partial charge is 0.435 e. The summed E-state index contributed by atoms with van der Waals surface area (Å²) in [6.45, 7) is 6.41. The van der Waals surface area contributed by atoms with Crippen molar-refractivity contribution >= 4 is 17.3 Å². The molecule has 1 aromatic rings. The number of carboxylic acid groups (broad SMARTS) is 1. The van der Waals surface area contributed by atoms with Crippen LogP contribution in [0.4, 0.5) is 13.2 Å². The lowest BCUT2D eigenvalue weighted by Crippen LogP contribution is -2.27. The van der Waals surface area contributed by atoms with Gasteiger partial charge in [0.1, 0.15) is 4.88 Å². The maximum atomic E-state index is 12.7. The molecule has 0 aliphatic carbocycles. The van der Waals surface area contributed by atoms with Crippen LogP contribution in [0.3, 0.4) is 0 Å². The molecule has 0 atom stereocenters. The summed E-state index contributed by atoms with van der Waals surface area (Å²) in [5.74, 6) is -1.58. The lowest BCUT2D eigenvalue weighted by molar-refractivity contribution is -0.141. The zero-order valence-corrected chi connectivity index (χ0v) is 12.9. The first-order chi connectivity index (χ1) is 9.79. The normalized spacial score (nSPS) is 12.1. The van der Waals surface area contributed by atoms with Gasteiger partial charge in [-0.05, 0) is 25.9 Å². The van der Waals surface area contributed by atoms with E-state index >= 15 is 0 Å². The van der Waals surface area contributed by atoms with Gasteiger partial charge in [0.15, 0.2) is 5.69 Å². The average molecular weight is 324 g/mol. The quantitative estimate of drug-likeness (QED) is 0.795. The largest absolute Gasteiger partial charge is 0.477 e. The molecule has 1 rings (SSSR count). The molecule has 0 amide bonds. The van der Waals surface area contributed by atoms with Crippen molar-refractivity contribution in [3.63, 3.8) is 0 Å². The molecule has 21 heavy (non-hydrogen) atoms. The minimum absolute atomic E-state index is 0.219. The Hall–Kier alpha value is -1.15. The van der Waals surface area contributed by atoms with Crippen LogP contribution in [-0.2, 0) is 12.6 Å². The first-order valence-electron chi connectivity index (χ1n) is 6.82. The number of rotatable bonds is 8. The van der Waals surface area contributed by atoms with Gasteiger partial charge < -0.3 is 10.0 Å². The van der Waals surface area contributed by atoms with Crippen molar-refractivity contribution < 1.29 is 23.1 Å². The Morgan fingerprint density at radius 1 is 1.24 bits per heavy atom. The summed E-state index contributed by atoms with van der Waals surface area (Å²) in [6.07, 6.45) is -2.46. The Morgan fingerprint density at radius 2 is 1.81 bits per heavy atom. The van der Waals surface area contributed by atoms with E-state index < -0.39 is 22.7 Å². The monoisotopic (exact) mass is 324 g/mol. The predicted octanol–water partition coefficient (Wildman–Crippen LogP) is 3.52. The molecule has 8 heteroatoms. The lowest BCUT2D eigenvalue weighted by atomic mass is 10.3. The Kier molecular flexibility index (Phi) is 6.60. The highest BCUT2D eigenvalue weighted by atomic mass is 32.1. The predicted molar refractivity (Wildman–Crippen MR) is 74.8 cm³/mol. The summed E-state index contributed by atoms with van der Waals surface area (Å²) in [6, 6.07) is 0. The van der Waals surface area contributed by atoms with Crippen LogP contribution in [-0.4, -0.2) is 40.6 Å². The van der Waals surface area contributed by atoms with Crippen molar-refractivity contribution in [2.45, 2.75) is 39.3 Å². The lowest BCUT2D eigenvalue weighted by Gasteiger charge is -2.19. The van der Waals surface area contributed by atoms with Gasteiger partial charge >= 0.3 is 12.1 Å². The van der Waals surface area contributed by atoms with Crippen LogP contribution >= 0.6 is 11.3 Å². The summed E-state index contributed by atoms with van der Waals surface area (Å²) in [4.78, 5) is 15.8. The number of carboxylic acids is 1. The number of aromatic nitrogens is 1. The molecule has 0 aliphatic rings. The van der Waals surface area contributed by atoms with Gasteiger partial charge in [-0.15, -0.1) is 11.3 Å². The van der Waals surface area contributed by atoms with E-state index in [-0.39, 0.29) is 5.01 Å². The molecule has 0 unspecified atom stereocenters. The van der Waals surface area contributed by atoms with Crippen LogP contribution < -0.4 is 0 Å². The highest BCUT2D eigenvalue weighted by Gasteiger charge is 2.39. The van der Waals surface area contributed by atoms with Crippen LogP contribution in [0.1, 0.15) is 47.1 Å². The number of hydrogen-bond acceptors (Lipinski definition) is 4. The van der Waals surface area contributed by atoms with E-state index in [0.29, 0.717) is 24.3 Å². The second-order valence-corrected chi connectivity index (χ2v) is 5.76. The van der Waals surface area contributed by atoms with Crippen LogP contribution in [0.5, 0.6) is 0 Å². The molecule has 1 N–H and O–H groups in total. The molecule has 0 saturated heterocycles. The first-order valence-corrected chi connectivity index (χ1v) is 7.63. The standard InChI is InChI=1S/C13H19F3N2O2S/c1-3-6-18(7-4-2)8-5-9-17-11(13(14,15)16)10(21-9)12(19)20/h3-8H2,1-2H3,(H,19,20). The van der Waals surface area contributed by atoms with E-state index in [2.05, 4.69) is 9.88 Å². The maximum absolute atomic E-state index is 12.7. The van der Waals surface area contributed by atoms with Crippen LogP contribution in [0.2, 0.25) is 0 Å². The van der Waals surface area contributed by atoms with Gasteiger partial charge in [-0.25, -0.2) is 9.78 Å². The highest BCUT2D eigenvalue weighted by molar-refractivity contribution is 7.13. The first kappa shape index (κ1) is 17.9. The van der Waals surface area contributed by atoms with Gasteiger partial charge in [0.2, 0.25) is 0 Å². The van der Waals surface area contributed by atoms with Crippen molar-refractivity contribution in [2.24, 2.45) is 0 Å². The average Bonchev–Trinajstić information content (AvgIpc) is 2.81. The van der Waals surface area contributed by atoms with Crippen molar-refractivity contribution in [1.82, 2.24) is 9.88 Å². The highest BCUT2D eigenvalue weighted by Crippen LogP contribution is 2.34. The molecule has 0 aromatic carbocycles. The van der Waals surface area contributed by atoms with Gasteiger partial charge in [-0.1, -0.05) is 13.8 Å². The molecular weight excluding hydrogens is 305 g/mol. The number of carbonyl (C=O) groups is 1. The van der Waals surface area contributed by atoms with Gasteiger partial charge in [-0.2, -0.15) is 13.2 Å². The summed E-state index contributed by atoms with van der Waals surface area (Å²) >= 11 is 0.615. The van der Waals surface area contributed by atoms with E-state index in [1.54, 1.807) is 0 Å². The third kappa shape index (κ3) is 5.28. The fourth-order valence-electron chi connectivity index (χ4n) is 2.03. The van der Waals surface area contributed by atoms with Gasteiger partial charge in [0.05, 0.1) is 5.01 Å². The maximum Gasteiger partial charge on any atom is 0.435 e. The van der Waals surface area contributed by atoms with Gasteiger partial charge in [0.25, 0.3) is 0 Å². The van der Waals surface area contributed by atoms with E-state index in [0.717, 1.165) is 25.9 Å². The molecule has 4 nitrogen and oxygen atoms in total. The van der Waals surface area contributed by atoms with E-state index in [9.17, 15) is 18.0 Å². The van der Waals surface area contributed by atoms with E-state index in [1.165, 1.54) is 0 Å². The SMILES string of the molecule is CCCN(CCC)CCc1nc(C(F)(F)F)c(C(=O)O)s1. The van der Waals surface area contributed by atoms with Crippen molar-refractivity contribution in [2.75, 3.05) is 19.6 Å². The van der Waals surface area contributed by atoms with Crippen molar-refractivity contribution in [3.8, 4) is 0 Å². The fourth-order valence-corrected chi connectivity index (χ4v) is 2.94. The summed E-state index contributed by atoms with van der Waals surface area (Å²) < 4.78 is 38.2. The van der Waals surface area contributed by atoms with Crippen LogP contribution in [0.25, 0.3) is 0 Å². The zero-order chi connectivity index (χ0) is 16.0. The Morgan fingerprint density at radius 3 is 2.19 bits per heavy atom. The van der Waals surface area contributed by atoms with E-state index in [4.69, 9.17) is 5.11 Å². The third-order valence-corrected chi connectivity index (χ3v) is 3.96. The molecule has 0 saturated carbocycles. The zero-order valence-electron chi connectivity index (χ0n) is 12.0. The Labute approximate surface area is 125 Å². The van der Waals surface area contributed by atoms with E-state index in [1.807, 2.05) is 13.8 Å². The van der Waals surface area contributed by atoms with Crippen molar-refractivity contribution in [1.29, 1.82) is 0 Å². The van der Waals surface area contributed by atoms with Gasteiger partial charge in [-0.3, -0.25) is 0 Å². The molecule has 1 heterocycles. The third-order valence-electron chi connectivity index (χ3n) is 2.86. The molecule has 0 radical (unpaired) electrons. The fraction of sp³-hybridized carbons (Fsp3) is 0.692. The number of nitrogens with zero attached hydrogens (tertiary/aromatic N) is 2. The second kappa shape index (κ2) is 7.74. The van der Waals surface area contributed by atoms with Crippen LogP contribution in [0.15, 0.2) is 0 Å². The number of alkyl halides is 3. The molecule has 0 fully saturated rings. The molecular formula is C13H19F3N2O2S. The molecule has 0 aliphatic heterocycles. The van der Waals surface area contributed by atoms with Crippen molar-refractivity contribution in [3.05, 3.63) is 15.6 Å². The second-order valence-electron chi connectivity index (χ2n) is 4.68. The topological polar surface area (TPSA) is 53.4 Å². The molecule has 1 aromatic heterocycles. The van der Waals surface area contributed by atoms with Gasteiger partial charge in [0, 0.05) is 13.0 Å². The number of halogens is 3. The minimum atomic E-state index is -4.73. The Bertz CT molecular complexity index is 468. The summed E-state index contributed by atoms with van der Waals surface area (Å²) in [5.41, 5.74) is -1.28. The molecule has 0 bridgehead atoms. The van der Waals surface area contributed by atoms with Crippen LogP contribution in [0, 0.1) is 0 Å². The number of thiazole rings is 1.